The Labute approximate surface area is 173 Å². The van der Waals surface area contributed by atoms with Crippen molar-refractivity contribution in [3.8, 4) is 17.3 Å². The number of aromatic nitrogens is 3. The molecule has 0 atom stereocenters. The Morgan fingerprint density at radius 2 is 2.17 bits per heavy atom. The molecule has 0 unspecified atom stereocenters. The number of rotatable bonds is 9. The Kier molecular flexibility index (Phi) is 6.02. The van der Waals surface area contributed by atoms with E-state index in [2.05, 4.69) is 20.4 Å². The zero-order valence-electron chi connectivity index (χ0n) is 16.7. The number of nitrogens with one attached hydrogen (secondary N) is 1. The number of nitrogens with zero attached hydrogens (tertiary/aromatic N) is 3. The molecule has 0 spiro atoms. The molecule has 1 saturated carbocycles. The molecule has 8 heteroatoms. The Bertz CT molecular complexity index is 1020. The van der Waals surface area contributed by atoms with Crippen molar-refractivity contribution in [2.24, 2.45) is 5.92 Å². The lowest BCUT2D eigenvalue weighted by Gasteiger charge is -2.06. The van der Waals surface area contributed by atoms with Gasteiger partial charge in [0.05, 0.1) is 6.61 Å². The molecule has 156 valence electrons. The Morgan fingerprint density at radius 1 is 1.30 bits per heavy atom. The van der Waals surface area contributed by atoms with Crippen molar-refractivity contribution in [2.45, 2.75) is 39.2 Å². The van der Waals surface area contributed by atoms with Gasteiger partial charge in [-0.25, -0.2) is 9.37 Å². The number of benzene rings is 1. The first kappa shape index (κ1) is 20.0. The molecule has 1 aromatic carbocycles. The molecule has 0 radical (unpaired) electrons. The minimum atomic E-state index is -0.283. The highest BCUT2D eigenvalue weighted by molar-refractivity contribution is 5.76. The van der Waals surface area contributed by atoms with Crippen LogP contribution in [0.2, 0.25) is 0 Å². The van der Waals surface area contributed by atoms with Gasteiger partial charge in [-0.1, -0.05) is 11.2 Å². The average molecular weight is 410 g/mol. The van der Waals surface area contributed by atoms with Crippen molar-refractivity contribution in [3.05, 3.63) is 59.4 Å². The highest BCUT2D eigenvalue weighted by Crippen LogP contribution is 2.29. The maximum absolute atomic E-state index is 13.4. The zero-order valence-corrected chi connectivity index (χ0v) is 16.7. The Balaban J connectivity index is 1.22. The molecule has 0 saturated heterocycles. The van der Waals surface area contributed by atoms with Gasteiger partial charge in [-0.2, -0.15) is 4.98 Å². The summed E-state index contributed by atoms with van der Waals surface area (Å²) in [6.07, 6.45) is 4.73. The van der Waals surface area contributed by atoms with Gasteiger partial charge in [0, 0.05) is 37.2 Å². The number of halogens is 1. The maximum atomic E-state index is 13.4. The average Bonchev–Trinajstić information content (AvgIpc) is 3.47. The third-order valence-electron chi connectivity index (χ3n) is 4.90. The summed E-state index contributed by atoms with van der Waals surface area (Å²) < 4.78 is 24.2. The number of ether oxygens (including phenoxy) is 1. The zero-order chi connectivity index (χ0) is 20.9. The van der Waals surface area contributed by atoms with Crippen LogP contribution in [0, 0.1) is 18.7 Å². The van der Waals surface area contributed by atoms with Crippen LogP contribution < -0.4 is 10.1 Å². The molecule has 1 amide bonds. The van der Waals surface area contributed by atoms with Crippen molar-refractivity contribution in [1.82, 2.24) is 20.4 Å². The molecule has 1 N–H and O–H groups in total. The molecular weight excluding hydrogens is 387 g/mol. The van der Waals surface area contributed by atoms with Crippen LogP contribution in [0.5, 0.6) is 5.88 Å². The molecule has 1 aliphatic carbocycles. The standard InChI is InChI=1S/C22H23FN4O3/c1-14-10-17(5-6-18(14)23)22-26-21(30-27-22)9-7-19(28)24-11-16-4-8-20(25-12-16)29-13-15-2-3-15/h4-6,8,10,12,15H,2-3,7,9,11,13H2,1H3,(H,24,28). The van der Waals surface area contributed by atoms with Gasteiger partial charge in [-0.15, -0.1) is 0 Å². The fourth-order valence-electron chi connectivity index (χ4n) is 2.86. The number of carbonyl (C=O) groups is 1. The van der Waals surface area contributed by atoms with Crippen LogP contribution in [0.1, 0.15) is 36.3 Å². The van der Waals surface area contributed by atoms with Crippen LogP contribution in [0.4, 0.5) is 4.39 Å². The molecule has 2 heterocycles. The molecule has 1 aliphatic rings. The number of hydrogen-bond acceptors (Lipinski definition) is 6. The molecule has 3 aromatic rings. The van der Waals surface area contributed by atoms with Crippen LogP contribution in [0.15, 0.2) is 41.1 Å². The number of amides is 1. The van der Waals surface area contributed by atoms with Gasteiger partial charge in [0.15, 0.2) is 0 Å². The smallest absolute Gasteiger partial charge is 0.227 e. The van der Waals surface area contributed by atoms with Crippen LogP contribution in [0.25, 0.3) is 11.4 Å². The van der Waals surface area contributed by atoms with E-state index in [1.165, 1.54) is 18.9 Å². The molecule has 4 rings (SSSR count). The summed E-state index contributed by atoms with van der Waals surface area (Å²) in [6.45, 7) is 2.79. The van der Waals surface area contributed by atoms with Crippen LogP contribution >= 0.6 is 0 Å². The van der Waals surface area contributed by atoms with Gasteiger partial charge in [0.25, 0.3) is 0 Å². The first-order valence-corrected chi connectivity index (χ1v) is 10.0. The Morgan fingerprint density at radius 3 is 2.90 bits per heavy atom. The summed E-state index contributed by atoms with van der Waals surface area (Å²) in [5.74, 6) is 1.63. The largest absolute Gasteiger partial charge is 0.477 e. The van der Waals surface area contributed by atoms with E-state index in [0.717, 1.165) is 12.2 Å². The second-order valence-electron chi connectivity index (χ2n) is 7.51. The molecule has 2 aromatic heterocycles. The van der Waals surface area contributed by atoms with Crippen LogP contribution in [-0.4, -0.2) is 27.6 Å². The first-order valence-electron chi connectivity index (χ1n) is 10.0. The number of aryl methyl sites for hydroxylation is 2. The summed E-state index contributed by atoms with van der Waals surface area (Å²) in [6, 6.07) is 8.34. The molecule has 1 fully saturated rings. The predicted molar refractivity (Wildman–Crippen MR) is 107 cm³/mol. The first-order chi connectivity index (χ1) is 14.6. The van der Waals surface area contributed by atoms with Gasteiger partial charge >= 0.3 is 0 Å². The fraction of sp³-hybridized carbons (Fsp3) is 0.364. The third-order valence-corrected chi connectivity index (χ3v) is 4.90. The summed E-state index contributed by atoms with van der Waals surface area (Å²) in [5, 5.41) is 6.76. The summed E-state index contributed by atoms with van der Waals surface area (Å²) >= 11 is 0. The van der Waals surface area contributed by atoms with Crippen molar-refractivity contribution in [2.75, 3.05) is 6.61 Å². The summed E-state index contributed by atoms with van der Waals surface area (Å²) in [5.41, 5.74) is 2.08. The fourth-order valence-corrected chi connectivity index (χ4v) is 2.86. The van der Waals surface area contributed by atoms with E-state index < -0.39 is 0 Å². The predicted octanol–water partition coefficient (Wildman–Crippen LogP) is 3.62. The lowest BCUT2D eigenvalue weighted by atomic mass is 10.1. The number of hydrogen-bond donors (Lipinski definition) is 1. The second kappa shape index (κ2) is 9.02. The van der Waals surface area contributed by atoms with Gasteiger partial charge in [-0.3, -0.25) is 4.79 Å². The van der Waals surface area contributed by atoms with E-state index in [0.29, 0.717) is 47.6 Å². The third kappa shape index (κ3) is 5.40. The van der Waals surface area contributed by atoms with Crippen LogP contribution in [0.3, 0.4) is 0 Å². The van der Waals surface area contributed by atoms with E-state index in [-0.39, 0.29) is 18.1 Å². The summed E-state index contributed by atoms with van der Waals surface area (Å²) in [7, 11) is 0. The summed E-state index contributed by atoms with van der Waals surface area (Å²) in [4.78, 5) is 20.7. The monoisotopic (exact) mass is 410 g/mol. The van der Waals surface area contributed by atoms with E-state index in [1.807, 2.05) is 12.1 Å². The molecule has 0 aliphatic heterocycles. The van der Waals surface area contributed by atoms with Gasteiger partial charge in [0.1, 0.15) is 5.82 Å². The minimum absolute atomic E-state index is 0.124. The number of pyridine rings is 1. The highest BCUT2D eigenvalue weighted by atomic mass is 19.1. The SMILES string of the molecule is Cc1cc(-c2noc(CCC(=O)NCc3ccc(OCC4CC4)nc3)n2)ccc1F. The highest BCUT2D eigenvalue weighted by Gasteiger charge is 2.22. The van der Waals surface area contributed by atoms with Crippen LogP contribution in [-0.2, 0) is 17.8 Å². The van der Waals surface area contributed by atoms with E-state index in [9.17, 15) is 9.18 Å². The van der Waals surface area contributed by atoms with Crippen molar-refractivity contribution in [3.63, 3.8) is 0 Å². The van der Waals surface area contributed by atoms with Gasteiger partial charge in [0.2, 0.25) is 23.5 Å². The van der Waals surface area contributed by atoms with E-state index in [1.54, 1.807) is 25.3 Å². The normalized spacial score (nSPS) is 13.3. The van der Waals surface area contributed by atoms with E-state index >= 15 is 0 Å². The second-order valence-corrected chi connectivity index (χ2v) is 7.51. The van der Waals surface area contributed by atoms with E-state index in [4.69, 9.17) is 9.26 Å². The van der Waals surface area contributed by atoms with Crippen molar-refractivity contribution in [1.29, 1.82) is 0 Å². The van der Waals surface area contributed by atoms with Gasteiger partial charge in [-0.05, 0) is 55.0 Å². The number of carbonyl (C=O) groups excluding carboxylic acids is 1. The molecule has 30 heavy (non-hydrogen) atoms. The molecule has 7 nitrogen and oxygen atoms in total. The lowest BCUT2D eigenvalue weighted by Crippen LogP contribution is -2.23. The molecule has 0 bridgehead atoms. The van der Waals surface area contributed by atoms with Crippen molar-refractivity contribution >= 4 is 5.91 Å². The lowest BCUT2D eigenvalue weighted by molar-refractivity contribution is -0.121. The quantitative estimate of drug-likeness (QED) is 0.580. The Hall–Kier alpha value is -3.29. The maximum Gasteiger partial charge on any atom is 0.227 e. The van der Waals surface area contributed by atoms with Gasteiger partial charge < -0.3 is 14.6 Å². The molecular formula is C22H23FN4O3. The minimum Gasteiger partial charge on any atom is -0.477 e. The topological polar surface area (TPSA) is 90.1 Å². The van der Waals surface area contributed by atoms with Crippen molar-refractivity contribution < 1.29 is 18.4 Å².